The molecule has 3 aliphatic rings. The largest absolute Gasteiger partial charge is 0.495 e. The highest BCUT2D eigenvalue weighted by Gasteiger charge is 2.37. The van der Waals surface area contributed by atoms with Crippen LogP contribution in [0.25, 0.3) is 0 Å². The number of amides is 2. The van der Waals surface area contributed by atoms with Crippen molar-refractivity contribution in [3.05, 3.63) is 18.2 Å². The summed E-state index contributed by atoms with van der Waals surface area (Å²) in [5.41, 5.74) is 0.312. The molecule has 2 saturated heterocycles. The van der Waals surface area contributed by atoms with Crippen LogP contribution in [0.3, 0.4) is 0 Å². The van der Waals surface area contributed by atoms with Crippen molar-refractivity contribution >= 4 is 27.5 Å². The molecule has 4 rings (SSSR count). The lowest BCUT2D eigenvalue weighted by atomic mass is 9.96. The average Bonchev–Trinajstić information content (AvgIpc) is 3.64. The number of sulfonamides is 1. The van der Waals surface area contributed by atoms with Crippen LogP contribution in [0.1, 0.15) is 25.7 Å². The molecule has 9 nitrogen and oxygen atoms in total. The highest BCUT2D eigenvalue weighted by atomic mass is 32.2. The summed E-state index contributed by atoms with van der Waals surface area (Å²) in [6.45, 7) is 2.39. The Balaban J connectivity index is 1.49. The molecule has 2 amide bonds. The normalized spacial score (nSPS) is 22.7. The van der Waals surface area contributed by atoms with Crippen molar-refractivity contribution in [2.24, 2.45) is 11.8 Å². The molecule has 10 heteroatoms. The van der Waals surface area contributed by atoms with Gasteiger partial charge in [-0.1, -0.05) is 0 Å². The van der Waals surface area contributed by atoms with Gasteiger partial charge in [-0.25, -0.2) is 8.42 Å². The van der Waals surface area contributed by atoms with Gasteiger partial charge in [-0.3, -0.25) is 9.59 Å². The SMILES string of the molecule is COc1ccc(S(=O)(=O)N2CCOCC2)cc1NC(=O)C1CCCN(C(=O)C2CC2)C1. The third-order valence-electron chi connectivity index (χ3n) is 6.07. The fraction of sp³-hybridized carbons (Fsp3) is 0.619. The maximum absolute atomic E-state index is 13.0. The van der Waals surface area contributed by atoms with Gasteiger partial charge < -0.3 is 19.7 Å². The molecule has 2 heterocycles. The molecule has 0 radical (unpaired) electrons. The monoisotopic (exact) mass is 451 g/mol. The van der Waals surface area contributed by atoms with Crippen molar-refractivity contribution in [3.8, 4) is 5.75 Å². The predicted molar refractivity (Wildman–Crippen MR) is 113 cm³/mol. The molecule has 1 aliphatic carbocycles. The number of hydrogen-bond donors (Lipinski definition) is 1. The first-order chi connectivity index (χ1) is 14.9. The van der Waals surface area contributed by atoms with Crippen LogP contribution in [0.15, 0.2) is 23.1 Å². The van der Waals surface area contributed by atoms with Gasteiger partial charge in [-0.15, -0.1) is 0 Å². The van der Waals surface area contributed by atoms with Crippen LogP contribution in [0, 0.1) is 11.8 Å². The minimum Gasteiger partial charge on any atom is -0.495 e. The van der Waals surface area contributed by atoms with Gasteiger partial charge in [0.2, 0.25) is 21.8 Å². The van der Waals surface area contributed by atoms with E-state index < -0.39 is 10.0 Å². The zero-order valence-corrected chi connectivity index (χ0v) is 18.5. The predicted octanol–water partition coefficient (Wildman–Crippen LogP) is 1.30. The van der Waals surface area contributed by atoms with Crippen LogP contribution < -0.4 is 10.1 Å². The smallest absolute Gasteiger partial charge is 0.243 e. The number of carbonyl (C=O) groups excluding carboxylic acids is 2. The maximum atomic E-state index is 13.0. The molecule has 0 aromatic heterocycles. The first-order valence-electron chi connectivity index (χ1n) is 10.8. The third kappa shape index (κ3) is 4.86. The number of hydrogen-bond acceptors (Lipinski definition) is 6. The van der Waals surface area contributed by atoms with E-state index in [2.05, 4.69) is 5.32 Å². The molecule has 1 saturated carbocycles. The van der Waals surface area contributed by atoms with E-state index >= 15 is 0 Å². The van der Waals surface area contributed by atoms with Crippen molar-refractivity contribution in [2.45, 2.75) is 30.6 Å². The molecular formula is C21H29N3O6S. The van der Waals surface area contributed by atoms with E-state index in [1.165, 1.54) is 23.5 Å². The number of nitrogens with one attached hydrogen (secondary N) is 1. The molecule has 1 atom stereocenters. The van der Waals surface area contributed by atoms with Crippen LogP contribution >= 0.6 is 0 Å². The summed E-state index contributed by atoms with van der Waals surface area (Å²) in [4.78, 5) is 27.2. The highest BCUT2D eigenvalue weighted by molar-refractivity contribution is 7.89. The quantitative estimate of drug-likeness (QED) is 0.699. The molecule has 0 spiro atoms. The molecule has 1 N–H and O–H groups in total. The number of carbonyl (C=O) groups is 2. The van der Waals surface area contributed by atoms with Crippen LogP contribution in [0.2, 0.25) is 0 Å². The molecule has 1 aromatic rings. The molecule has 31 heavy (non-hydrogen) atoms. The van der Waals surface area contributed by atoms with Gasteiger partial charge in [0.15, 0.2) is 0 Å². The van der Waals surface area contributed by atoms with E-state index in [1.807, 2.05) is 0 Å². The summed E-state index contributed by atoms with van der Waals surface area (Å²) >= 11 is 0. The number of likely N-dealkylation sites (tertiary alicyclic amines) is 1. The summed E-state index contributed by atoms with van der Waals surface area (Å²) < 4.78 is 37.9. The van der Waals surface area contributed by atoms with Gasteiger partial charge >= 0.3 is 0 Å². The number of methoxy groups -OCH3 is 1. The van der Waals surface area contributed by atoms with Gasteiger partial charge in [0.1, 0.15) is 5.75 Å². The number of piperidine rings is 1. The number of rotatable bonds is 6. The number of ether oxygens (including phenoxy) is 2. The fourth-order valence-corrected chi connectivity index (χ4v) is 5.53. The van der Waals surface area contributed by atoms with E-state index in [9.17, 15) is 18.0 Å². The number of nitrogens with zero attached hydrogens (tertiary/aromatic N) is 2. The van der Waals surface area contributed by atoms with Gasteiger partial charge in [0, 0.05) is 32.1 Å². The number of benzene rings is 1. The Hall–Kier alpha value is -2.17. The first-order valence-corrected chi connectivity index (χ1v) is 12.2. The van der Waals surface area contributed by atoms with Gasteiger partial charge in [-0.2, -0.15) is 4.31 Å². The zero-order chi connectivity index (χ0) is 22.0. The van der Waals surface area contributed by atoms with E-state index in [-0.39, 0.29) is 28.5 Å². The van der Waals surface area contributed by atoms with E-state index in [1.54, 1.807) is 11.0 Å². The van der Waals surface area contributed by atoms with Gasteiger partial charge in [0.25, 0.3) is 0 Å². The topological polar surface area (TPSA) is 105 Å². The van der Waals surface area contributed by atoms with Crippen molar-refractivity contribution < 1.29 is 27.5 Å². The summed E-state index contributed by atoms with van der Waals surface area (Å²) in [5.74, 6) is 0.0989. The Kier molecular flexibility index (Phi) is 6.49. The third-order valence-corrected chi connectivity index (χ3v) is 7.96. The average molecular weight is 452 g/mol. The van der Waals surface area contributed by atoms with Crippen molar-refractivity contribution in [2.75, 3.05) is 51.8 Å². The minimum absolute atomic E-state index is 0.0969. The zero-order valence-electron chi connectivity index (χ0n) is 17.7. The second-order valence-electron chi connectivity index (χ2n) is 8.27. The van der Waals surface area contributed by atoms with Gasteiger partial charge in [-0.05, 0) is 43.9 Å². The van der Waals surface area contributed by atoms with Crippen molar-refractivity contribution in [1.29, 1.82) is 0 Å². The van der Waals surface area contributed by atoms with Gasteiger partial charge in [0.05, 0.1) is 36.8 Å². The molecule has 1 aromatic carbocycles. The highest BCUT2D eigenvalue weighted by Crippen LogP contribution is 2.33. The Morgan fingerprint density at radius 1 is 1.10 bits per heavy atom. The molecule has 170 valence electrons. The summed E-state index contributed by atoms with van der Waals surface area (Å²) in [7, 11) is -2.23. The lowest BCUT2D eigenvalue weighted by Gasteiger charge is -2.32. The number of morpholine rings is 1. The van der Waals surface area contributed by atoms with Crippen LogP contribution in [-0.4, -0.2) is 75.9 Å². The van der Waals surface area contributed by atoms with Crippen molar-refractivity contribution in [3.63, 3.8) is 0 Å². The lowest BCUT2D eigenvalue weighted by Crippen LogP contribution is -2.44. The van der Waals surface area contributed by atoms with Crippen LogP contribution in [-0.2, 0) is 24.3 Å². The fourth-order valence-electron chi connectivity index (χ4n) is 4.10. The number of anilines is 1. The minimum atomic E-state index is -3.70. The first kappa shape index (κ1) is 22.0. The molecule has 2 aliphatic heterocycles. The molecule has 0 bridgehead atoms. The van der Waals surface area contributed by atoms with E-state index in [4.69, 9.17) is 9.47 Å². The van der Waals surface area contributed by atoms with Crippen molar-refractivity contribution in [1.82, 2.24) is 9.21 Å². The molecule has 1 unspecified atom stereocenters. The standard InChI is InChI=1S/C21H29N3O6S/c1-29-19-7-6-17(31(27,28)24-9-11-30-12-10-24)13-18(19)22-20(25)16-3-2-8-23(14-16)21(26)15-4-5-15/h6-7,13,15-16H,2-5,8-12,14H2,1H3,(H,22,25). The van der Waals surface area contributed by atoms with E-state index in [0.717, 1.165) is 19.3 Å². The summed E-state index contributed by atoms with van der Waals surface area (Å²) in [6, 6.07) is 4.47. The molecule has 3 fully saturated rings. The Morgan fingerprint density at radius 3 is 2.52 bits per heavy atom. The summed E-state index contributed by atoms with van der Waals surface area (Å²) in [5, 5.41) is 2.84. The van der Waals surface area contributed by atoms with Crippen LogP contribution in [0.5, 0.6) is 5.75 Å². The lowest BCUT2D eigenvalue weighted by molar-refractivity contribution is -0.135. The Morgan fingerprint density at radius 2 is 1.84 bits per heavy atom. The van der Waals surface area contributed by atoms with E-state index in [0.29, 0.717) is 57.3 Å². The summed E-state index contributed by atoms with van der Waals surface area (Å²) in [6.07, 6.45) is 3.34. The second kappa shape index (κ2) is 9.13. The second-order valence-corrected chi connectivity index (χ2v) is 10.2. The van der Waals surface area contributed by atoms with Crippen LogP contribution in [0.4, 0.5) is 5.69 Å². The Labute approximate surface area is 182 Å². The maximum Gasteiger partial charge on any atom is 0.243 e. The Bertz CT molecular complexity index is 940. The molecular weight excluding hydrogens is 422 g/mol.